The molecule has 2 N–H and O–H groups in total. The Balaban J connectivity index is 0.000000810. The molecule has 0 atom stereocenters. The number of aromatic nitrogens is 2. The first-order valence-electron chi connectivity index (χ1n) is 2.98. The van der Waals surface area contributed by atoms with Crippen molar-refractivity contribution < 1.29 is 12.4 Å². The van der Waals surface area contributed by atoms with Crippen molar-refractivity contribution in [3.8, 4) is 0 Å². The van der Waals surface area contributed by atoms with Crippen molar-refractivity contribution in [2.45, 2.75) is 13.5 Å². The van der Waals surface area contributed by atoms with E-state index in [9.17, 15) is 0 Å². The zero-order chi connectivity index (χ0) is 6.69. The van der Waals surface area contributed by atoms with E-state index in [1.807, 2.05) is 20.0 Å². The molecule has 0 saturated heterocycles. The maximum Gasteiger partial charge on any atom is 0.0762 e. The van der Waals surface area contributed by atoms with Crippen molar-refractivity contribution >= 4 is 0 Å². The summed E-state index contributed by atoms with van der Waals surface area (Å²) in [6.07, 6.45) is 0. The monoisotopic (exact) mass is 160 g/mol. The lowest BCUT2D eigenvalue weighted by atomic mass is 10.4. The molecule has 3 nitrogen and oxygen atoms in total. The number of hydrogen-bond donors (Lipinski definition) is 2. The Morgan fingerprint density at radius 3 is 2.80 bits per heavy atom. The fourth-order valence-electron chi connectivity index (χ4n) is 0.746. The Hall–Kier alpha value is -0.540. The summed E-state index contributed by atoms with van der Waals surface area (Å²) in [7, 11) is 1.91. The van der Waals surface area contributed by atoms with Gasteiger partial charge in [-0.05, 0) is 20.0 Å². The molecule has 0 spiro atoms. The van der Waals surface area contributed by atoms with Gasteiger partial charge in [-0.2, -0.15) is 5.10 Å². The Morgan fingerprint density at radius 1 is 1.70 bits per heavy atom. The fourth-order valence-corrected chi connectivity index (χ4v) is 0.746. The summed E-state index contributed by atoms with van der Waals surface area (Å²) in [6.45, 7) is 2.83. The number of rotatable bonds is 2. The number of halogens is 1. The molecule has 0 aliphatic carbocycles. The summed E-state index contributed by atoms with van der Waals surface area (Å²) >= 11 is 0. The maximum absolute atomic E-state index is 4.02. The van der Waals surface area contributed by atoms with Crippen LogP contribution in [0.1, 0.15) is 11.4 Å². The van der Waals surface area contributed by atoms with E-state index in [2.05, 4.69) is 15.5 Å². The second-order valence-corrected chi connectivity index (χ2v) is 2.07. The first-order chi connectivity index (χ1) is 4.33. The molecule has 0 saturated carbocycles. The molecule has 1 aromatic heterocycles. The highest BCUT2D eigenvalue weighted by Crippen LogP contribution is 1.95. The van der Waals surface area contributed by atoms with Gasteiger partial charge in [-0.3, -0.25) is 5.10 Å². The topological polar surface area (TPSA) is 40.7 Å². The van der Waals surface area contributed by atoms with Gasteiger partial charge >= 0.3 is 0 Å². The highest BCUT2D eigenvalue weighted by Gasteiger charge is 1.92. The minimum absolute atomic E-state index is 0. The van der Waals surface area contributed by atoms with Crippen molar-refractivity contribution in [2.75, 3.05) is 7.05 Å². The van der Waals surface area contributed by atoms with Crippen LogP contribution >= 0.6 is 0 Å². The highest BCUT2D eigenvalue weighted by molar-refractivity contribution is 5.05. The Morgan fingerprint density at radius 2 is 2.40 bits per heavy atom. The van der Waals surface area contributed by atoms with Gasteiger partial charge in [0.25, 0.3) is 0 Å². The quantitative estimate of drug-likeness (QED) is 0.500. The standard InChI is InChI=1S/C6H11N3.ClH/c1-5-3-6(4-7-2)9-8-5;/h3,7H,4H2,1-2H3,(H,8,9);1H/p-1. The Labute approximate surface area is 66.6 Å². The molecular formula is C6H11ClN3-. The number of H-pyrrole nitrogens is 1. The van der Waals surface area contributed by atoms with Gasteiger partial charge in [0.15, 0.2) is 0 Å². The van der Waals surface area contributed by atoms with Crippen LogP contribution in [-0.4, -0.2) is 17.2 Å². The van der Waals surface area contributed by atoms with Gasteiger partial charge in [0.2, 0.25) is 0 Å². The number of aromatic amines is 1. The molecule has 58 valence electrons. The largest absolute Gasteiger partial charge is 1.00 e. The first kappa shape index (κ1) is 9.46. The number of aryl methyl sites for hydroxylation is 1. The Bertz CT molecular complexity index is 185. The second-order valence-electron chi connectivity index (χ2n) is 2.07. The van der Waals surface area contributed by atoms with Crippen LogP contribution in [0.2, 0.25) is 0 Å². The van der Waals surface area contributed by atoms with Crippen LogP contribution in [0, 0.1) is 6.92 Å². The van der Waals surface area contributed by atoms with Gasteiger partial charge in [0.05, 0.1) is 5.69 Å². The minimum Gasteiger partial charge on any atom is -1.00 e. The first-order valence-corrected chi connectivity index (χ1v) is 2.98. The van der Waals surface area contributed by atoms with E-state index in [-0.39, 0.29) is 12.4 Å². The van der Waals surface area contributed by atoms with E-state index in [0.29, 0.717) is 0 Å². The van der Waals surface area contributed by atoms with E-state index in [4.69, 9.17) is 0 Å². The molecule has 10 heavy (non-hydrogen) atoms. The summed E-state index contributed by atoms with van der Waals surface area (Å²) in [5.74, 6) is 0. The molecular weight excluding hydrogens is 150 g/mol. The number of hydrogen-bond acceptors (Lipinski definition) is 2. The van der Waals surface area contributed by atoms with Crippen molar-refractivity contribution in [3.63, 3.8) is 0 Å². The number of nitrogens with one attached hydrogen (secondary N) is 2. The lowest BCUT2D eigenvalue weighted by Crippen LogP contribution is -3.00. The highest BCUT2D eigenvalue weighted by atomic mass is 35.5. The van der Waals surface area contributed by atoms with Gasteiger partial charge in [0, 0.05) is 12.2 Å². The van der Waals surface area contributed by atoms with Crippen molar-refractivity contribution in [1.29, 1.82) is 0 Å². The minimum atomic E-state index is 0. The second kappa shape index (κ2) is 4.30. The molecule has 0 amide bonds. The summed E-state index contributed by atoms with van der Waals surface area (Å²) in [6, 6.07) is 2.02. The molecule has 0 fully saturated rings. The lowest BCUT2D eigenvalue weighted by Gasteiger charge is -1.88. The van der Waals surface area contributed by atoms with Crippen molar-refractivity contribution in [3.05, 3.63) is 17.5 Å². The van der Waals surface area contributed by atoms with E-state index in [1.165, 1.54) is 0 Å². The van der Waals surface area contributed by atoms with Gasteiger partial charge in [-0.15, -0.1) is 0 Å². The predicted molar refractivity (Wildman–Crippen MR) is 36.1 cm³/mol. The maximum atomic E-state index is 4.02. The normalized spacial score (nSPS) is 9.00. The van der Waals surface area contributed by atoms with Crippen LogP contribution in [0.25, 0.3) is 0 Å². The predicted octanol–water partition coefficient (Wildman–Crippen LogP) is -2.56. The van der Waals surface area contributed by atoms with E-state index in [1.54, 1.807) is 0 Å². The zero-order valence-corrected chi connectivity index (χ0v) is 6.87. The van der Waals surface area contributed by atoms with Crippen LogP contribution in [-0.2, 0) is 6.54 Å². The fraction of sp³-hybridized carbons (Fsp3) is 0.500. The molecule has 4 heteroatoms. The van der Waals surface area contributed by atoms with Gasteiger partial charge < -0.3 is 17.7 Å². The van der Waals surface area contributed by atoms with E-state index < -0.39 is 0 Å². The van der Waals surface area contributed by atoms with E-state index >= 15 is 0 Å². The summed E-state index contributed by atoms with van der Waals surface area (Å²) in [5, 5.41) is 9.90. The van der Waals surface area contributed by atoms with Crippen molar-refractivity contribution in [1.82, 2.24) is 15.5 Å². The van der Waals surface area contributed by atoms with Gasteiger partial charge in [-0.25, -0.2) is 0 Å². The van der Waals surface area contributed by atoms with E-state index in [0.717, 1.165) is 17.9 Å². The molecule has 1 heterocycles. The summed E-state index contributed by atoms with van der Waals surface area (Å²) in [4.78, 5) is 0. The summed E-state index contributed by atoms with van der Waals surface area (Å²) in [5.41, 5.74) is 2.18. The third-order valence-electron chi connectivity index (χ3n) is 1.12. The molecule has 1 aromatic rings. The summed E-state index contributed by atoms with van der Waals surface area (Å²) < 4.78 is 0. The molecule has 0 bridgehead atoms. The zero-order valence-electron chi connectivity index (χ0n) is 6.11. The smallest absolute Gasteiger partial charge is 0.0762 e. The van der Waals surface area contributed by atoms with Gasteiger partial charge in [-0.1, -0.05) is 0 Å². The van der Waals surface area contributed by atoms with Crippen LogP contribution in [0.4, 0.5) is 0 Å². The third kappa shape index (κ3) is 2.37. The molecule has 0 aromatic carbocycles. The van der Waals surface area contributed by atoms with Crippen LogP contribution in [0.15, 0.2) is 6.07 Å². The average Bonchev–Trinajstić information content (AvgIpc) is 2.17. The molecule has 1 rings (SSSR count). The molecule has 0 radical (unpaired) electrons. The SMILES string of the molecule is CNCc1cc(C)[nH]n1.[Cl-]. The van der Waals surface area contributed by atoms with Gasteiger partial charge in [0.1, 0.15) is 0 Å². The Kier molecular flexibility index (Phi) is 4.07. The molecule has 0 aliphatic heterocycles. The number of nitrogens with zero attached hydrogens (tertiary/aromatic N) is 1. The van der Waals surface area contributed by atoms with Crippen LogP contribution in [0.5, 0.6) is 0 Å². The average molecular weight is 161 g/mol. The van der Waals surface area contributed by atoms with Crippen LogP contribution < -0.4 is 17.7 Å². The molecule has 0 aliphatic rings. The lowest BCUT2D eigenvalue weighted by molar-refractivity contribution is -0.00000218. The van der Waals surface area contributed by atoms with Crippen molar-refractivity contribution in [2.24, 2.45) is 0 Å². The third-order valence-corrected chi connectivity index (χ3v) is 1.12. The van der Waals surface area contributed by atoms with Crippen LogP contribution in [0.3, 0.4) is 0 Å². The molecule has 0 unspecified atom stereocenters.